The van der Waals surface area contributed by atoms with E-state index in [1.165, 1.54) is 5.56 Å². The molecule has 0 amide bonds. The minimum absolute atomic E-state index is 0.498. The van der Waals surface area contributed by atoms with Crippen molar-refractivity contribution in [2.45, 2.75) is 39.7 Å². The molecule has 0 spiro atoms. The number of aromatic nitrogens is 2. The van der Waals surface area contributed by atoms with Gasteiger partial charge in [-0.15, -0.1) is 0 Å². The predicted octanol–water partition coefficient (Wildman–Crippen LogP) is 2.21. The first kappa shape index (κ1) is 12.1. The van der Waals surface area contributed by atoms with E-state index in [0.29, 0.717) is 17.9 Å². The number of nitrogens with one attached hydrogen (secondary N) is 1. The highest BCUT2D eigenvalue weighted by molar-refractivity contribution is 5.10. The molecule has 0 bridgehead atoms. The number of hydrogen-bond acceptors (Lipinski definition) is 3. The van der Waals surface area contributed by atoms with E-state index in [-0.39, 0.29) is 0 Å². The molecule has 84 valence electrons. The Morgan fingerprint density at radius 1 is 1.13 bits per heavy atom. The number of hydrogen-bond donors (Lipinski definition) is 1. The average Bonchev–Trinajstić information content (AvgIpc) is 2.26. The van der Waals surface area contributed by atoms with Crippen molar-refractivity contribution in [1.82, 2.24) is 15.3 Å². The largest absolute Gasteiger partial charge is 0.314 e. The third kappa shape index (κ3) is 3.96. The molecule has 0 saturated heterocycles. The lowest BCUT2D eigenvalue weighted by atomic mass is 9.90. The normalized spacial score (nSPS) is 15.3. The lowest BCUT2D eigenvalue weighted by molar-refractivity contribution is 0.425. The van der Waals surface area contributed by atoms with Gasteiger partial charge in [-0.05, 0) is 23.9 Å². The quantitative estimate of drug-likeness (QED) is 0.804. The molecular weight excluding hydrogens is 186 g/mol. The van der Waals surface area contributed by atoms with Gasteiger partial charge in [-0.3, -0.25) is 0 Å². The molecule has 1 rings (SSSR count). The predicted molar refractivity (Wildman–Crippen MR) is 62.7 cm³/mol. The number of nitrogens with zero attached hydrogens (tertiary/aromatic N) is 2. The first-order valence-corrected chi connectivity index (χ1v) is 5.59. The molecule has 3 heteroatoms. The highest BCUT2D eigenvalue weighted by Crippen LogP contribution is 2.21. The van der Waals surface area contributed by atoms with Crippen LogP contribution < -0.4 is 5.32 Å². The van der Waals surface area contributed by atoms with E-state index >= 15 is 0 Å². The molecule has 15 heavy (non-hydrogen) atoms. The Kier molecular flexibility index (Phi) is 4.69. The zero-order valence-electron chi connectivity index (χ0n) is 10.1. The van der Waals surface area contributed by atoms with E-state index in [4.69, 9.17) is 0 Å². The Morgan fingerprint density at radius 3 is 2.27 bits per heavy atom. The summed E-state index contributed by atoms with van der Waals surface area (Å²) in [5.74, 6) is 1.09. The van der Waals surface area contributed by atoms with Gasteiger partial charge < -0.3 is 5.32 Å². The fourth-order valence-corrected chi connectivity index (χ4v) is 1.47. The molecule has 1 heterocycles. The van der Waals surface area contributed by atoms with E-state index in [0.717, 1.165) is 6.54 Å². The minimum Gasteiger partial charge on any atom is -0.314 e. The second kappa shape index (κ2) is 5.81. The average molecular weight is 207 g/mol. The van der Waals surface area contributed by atoms with Crippen molar-refractivity contribution in [2.75, 3.05) is 6.54 Å². The van der Waals surface area contributed by atoms with Crippen LogP contribution >= 0.6 is 0 Å². The highest BCUT2D eigenvalue weighted by Gasteiger charge is 2.14. The van der Waals surface area contributed by atoms with E-state index in [2.05, 4.69) is 43.0 Å². The summed E-state index contributed by atoms with van der Waals surface area (Å²) in [7, 11) is 0. The van der Waals surface area contributed by atoms with Gasteiger partial charge in [0, 0.05) is 18.4 Å². The molecule has 2 atom stereocenters. The Bertz CT molecular complexity index is 271. The van der Waals surface area contributed by atoms with Crippen LogP contribution in [0.2, 0.25) is 0 Å². The molecule has 0 aromatic carbocycles. The summed E-state index contributed by atoms with van der Waals surface area (Å²) >= 11 is 0. The highest BCUT2D eigenvalue weighted by atomic mass is 14.9. The Balaban J connectivity index is 2.49. The molecule has 0 aliphatic carbocycles. The van der Waals surface area contributed by atoms with Gasteiger partial charge in [-0.25, -0.2) is 9.97 Å². The van der Waals surface area contributed by atoms with Gasteiger partial charge in [0.1, 0.15) is 6.33 Å². The van der Waals surface area contributed by atoms with Crippen LogP contribution in [-0.4, -0.2) is 22.6 Å². The topological polar surface area (TPSA) is 37.8 Å². The second-order valence-corrected chi connectivity index (χ2v) is 4.50. The summed E-state index contributed by atoms with van der Waals surface area (Å²) in [6.45, 7) is 9.86. The van der Waals surface area contributed by atoms with E-state index in [9.17, 15) is 0 Å². The minimum atomic E-state index is 0.498. The van der Waals surface area contributed by atoms with Crippen LogP contribution in [0.15, 0.2) is 18.7 Å². The van der Waals surface area contributed by atoms with Crippen LogP contribution in [0.25, 0.3) is 0 Å². The van der Waals surface area contributed by atoms with Crippen molar-refractivity contribution in [2.24, 2.45) is 5.92 Å². The molecule has 0 fully saturated rings. The first-order valence-electron chi connectivity index (χ1n) is 5.59. The van der Waals surface area contributed by atoms with Crippen LogP contribution in [0.3, 0.4) is 0 Å². The van der Waals surface area contributed by atoms with Gasteiger partial charge in [0.25, 0.3) is 0 Å². The SMILES string of the molecule is CC(C)NCC(C)C(C)c1cncnc1. The van der Waals surface area contributed by atoms with Crippen molar-refractivity contribution < 1.29 is 0 Å². The summed E-state index contributed by atoms with van der Waals surface area (Å²) in [4.78, 5) is 8.10. The standard InChI is InChI=1S/C12H21N3/c1-9(2)15-5-10(3)11(4)12-6-13-8-14-7-12/h6-11,15H,5H2,1-4H3. The van der Waals surface area contributed by atoms with Crippen LogP contribution in [0, 0.1) is 5.92 Å². The maximum atomic E-state index is 4.05. The summed E-state index contributed by atoms with van der Waals surface area (Å²) in [5, 5.41) is 3.46. The van der Waals surface area contributed by atoms with Crippen molar-refractivity contribution in [3.8, 4) is 0 Å². The lowest BCUT2D eigenvalue weighted by Crippen LogP contribution is -2.29. The molecular formula is C12H21N3. The van der Waals surface area contributed by atoms with Crippen molar-refractivity contribution >= 4 is 0 Å². The number of rotatable bonds is 5. The molecule has 1 aromatic rings. The van der Waals surface area contributed by atoms with Crippen molar-refractivity contribution in [1.29, 1.82) is 0 Å². The Morgan fingerprint density at radius 2 is 1.73 bits per heavy atom. The summed E-state index contributed by atoms with van der Waals surface area (Å²) < 4.78 is 0. The van der Waals surface area contributed by atoms with Gasteiger partial charge in [-0.2, -0.15) is 0 Å². The van der Waals surface area contributed by atoms with Gasteiger partial charge in [0.2, 0.25) is 0 Å². The van der Waals surface area contributed by atoms with Gasteiger partial charge in [0.15, 0.2) is 0 Å². The van der Waals surface area contributed by atoms with Crippen LogP contribution in [0.4, 0.5) is 0 Å². The molecule has 2 unspecified atom stereocenters. The second-order valence-electron chi connectivity index (χ2n) is 4.50. The zero-order chi connectivity index (χ0) is 11.3. The lowest BCUT2D eigenvalue weighted by Gasteiger charge is -2.21. The van der Waals surface area contributed by atoms with Crippen LogP contribution in [-0.2, 0) is 0 Å². The third-order valence-corrected chi connectivity index (χ3v) is 2.81. The molecule has 0 saturated carbocycles. The molecule has 1 aromatic heterocycles. The Labute approximate surface area is 92.3 Å². The van der Waals surface area contributed by atoms with E-state index in [1.807, 2.05) is 12.4 Å². The summed E-state index contributed by atoms with van der Waals surface area (Å²) in [5.41, 5.74) is 1.22. The van der Waals surface area contributed by atoms with Gasteiger partial charge in [-0.1, -0.05) is 27.7 Å². The van der Waals surface area contributed by atoms with Gasteiger partial charge >= 0.3 is 0 Å². The molecule has 0 aliphatic heterocycles. The molecule has 1 N–H and O–H groups in total. The van der Waals surface area contributed by atoms with Crippen molar-refractivity contribution in [3.63, 3.8) is 0 Å². The molecule has 3 nitrogen and oxygen atoms in total. The van der Waals surface area contributed by atoms with Crippen molar-refractivity contribution in [3.05, 3.63) is 24.3 Å². The first-order chi connectivity index (χ1) is 7.11. The maximum Gasteiger partial charge on any atom is 0.115 e. The molecule has 0 aliphatic rings. The van der Waals surface area contributed by atoms with Crippen LogP contribution in [0.5, 0.6) is 0 Å². The maximum absolute atomic E-state index is 4.05. The zero-order valence-corrected chi connectivity index (χ0v) is 10.1. The summed E-state index contributed by atoms with van der Waals surface area (Å²) in [6.07, 6.45) is 5.39. The Hall–Kier alpha value is -0.960. The van der Waals surface area contributed by atoms with E-state index < -0.39 is 0 Å². The van der Waals surface area contributed by atoms with Gasteiger partial charge in [0.05, 0.1) is 0 Å². The fourth-order valence-electron chi connectivity index (χ4n) is 1.47. The summed E-state index contributed by atoms with van der Waals surface area (Å²) in [6, 6.07) is 0.548. The smallest absolute Gasteiger partial charge is 0.115 e. The fraction of sp³-hybridized carbons (Fsp3) is 0.667. The van der Waals surface area contributed by atoms with Crippen LogP contribution in [0.1, 0.15) is 39.2 Å². The molecule has 0 radical (unpaired) electrons. The van der Waals surface area contributed by atoms with E-state index in [1.54, 1.807) is 6.33 Å². The third-order valence-electron chi connectivity index (χ3n) is 2.81. The monoisotopic (exact) mass is 207 g/mol.